The summed E-state index contributed by atoms with van der Waals surface area (Å²) in [6.07, 6.45) is 6.34. The van der Waals surface area contributed by atoms with Gasteiger partial charge in [0, 0.05) is 11.8 Å². The minimum absolute atomic E-state index is 0.223. The fourth-order valence-corrected chi connectivity index (χ4v) is 2.68. The number of hydrogen-bond acceptors (Lipinski definition) is 5. The molecule has 7 nitrogen and oxygen atoms in total. The predicted octanol–water partition coefficient (Wildman–Crippen LogP) is 3.39. The second-order valence-electron chi connectivity index (χ2n) is 5.92. The van der Waals surface area contributed by atoms with Gasteiger partial charge in [-0.1, -0.05) is 24.3 Å². The van der Waals surface area contributed by atoms with Crippen molar-refractivity contribution in [2.45, 2.75) is 13.5 Å². The third-order valence-electron chi connectivity index (χ3n) is 3.99. The number of hydrogen-bond donors (Lipinski definition) is 1. The van der Waals surface area contributed by atoms with E-state index in [9.17, 15) is 4.79 Å². The Hall–Kier alpha value is -3.61. The van der Waals surface area contributed by atoms with E-state index in [0.717, 1.165) is 16.8 Å². The zero-order valence-corrected chi connectivity index (χ0v) is 15.8. The number of para-hydroxylation sites is 1. The van der Waals surface area contributed by atoms with Gasteiger partial charge >= 0.3 is 0 Å². The maximum absolute atomic E-state index is 12.4. The minimum Gasteiger partial charge on any atom is -0.493 e. The van der Waals surface area contributed by atoms with E-state index in [4.69, 9.17) is 9.47 Å². The molecule has 0 aliphatic heterocycles. The maximum atomic E-state index is 12.4. The Morgan fingerprint density at radius 2 is 2.07 bits per heavy atom. The molecule has 0 fully saturated rings. The SMILES string of the molecule is CCOc1ccc(C=CC(=O)Nc2ccccc2Cn2cncn2)cc1OC. The quantitative estimate of drug-likeness (QED) is 0.608. The highest BCUT2D eigenvalue weighted by Crippen LogP contribution is 2.28. The van der Waals surface area contributed by atoms with Crippen LogP contribution in [0.5, 0.6) is 11.5 Å². The highest BCUT2D eigenvalue weighted by Gasteiger charge is 2.07. The Morgan fingerprint density at radius 1 is 1.21 bits per heavy atom. The molecule has 0 unspecified atom stereocenters. The van der Waals surface area contributed by atoms with Crippen molar-refractivity contribution in [1.29, 1.82) is 0 Å². The lowest BCUT2D eigenvalue weighted by Crippen LogP contribution is -2.11. The fourth-order valence-electron chi connectivity index (χ4n) is 2.68. The van der Waals surface area contributed by atoms with Gasteiger partial charge in [0.05, 0.1) is 20.3 Å². The normalized spacial score (nSPS) is 10.8. The lowest BCUT2D eigenvalue weighted by molar-refractivity contribution is -0.111. The molecule has 0 saturated carbocycles. The van der Waals surface area contributed by atoms with Crippen molar-refractivity contribution in [2.75, 3.05) is 19.0 Å². The third-order valence-corrected chi connectivity index (χ3v) is 3.99. The van der Waals surface area contributed by atoms with Crippen molar-refractivity contribution in [2.24, 2.45) is 0 Å². The number of amides is 1. The molecule has 0 aliphatic rings. The van der Waals surface area contributed by atoms with Crippen LogP contribution in [0.4, 0.5) is 5.69 Å². The first-order chi connectivity index (χ1) is 13.7. The van der Waals surface area contributed by atoms with Gasteiger partial charge in [-0.3, -0.25) is 4.79 Å². The second-order valence-corrected chi connectivity index (χ2v) is 5.92. The summed E-state index contributed by atoms with van der Waals surface area (Å²) in [7, 11) is 1.59. The first-order valence-electron chi connectivity index (χ1n) is 8.90. The molecule has 1 amide bonds. The first kappa shape index (κ1) is 19.2. The molecule has 0 saturated heterocycles. The van der Waals surface area contributed by atoms with Gasteiger partial charge in [-0.2, -0.15) is 5.10 Å². The van der Waals surface area contributed by atoms with Crippen LogP contribution in [-0.4, -0.2) is 34.4 Å². The Kier molecular flexibility index (Phi) is 6.41. The van der Waals surface area contributed by atoms with Crippen LogP contribution in [0.15, 0.2) is 61.2 Å². The first-order valence-corrected chi connectivity index (χ1v) is 8.90. The Balaban J connectivity index is 1.69. The van der Waals surface area contributed by atoms with E-state index in [2.05, 4.69) is 15.4 Å². The van der Waals surface area contributed by atoms with Crippen molar-refractivity contribution < 1.29 is 14.3 Å². The molecule has 0 aliphatic carbocycles. The van der Waals surface area contributed by atoms with Gasteiger partial charge in [-0.15, -0.1) is 0 Å². The topological polar surface area (TPSA) is 78.3 Å². The van der Waals surface area contributed by atoms with Crippen molar-refractivity contribution in [3.05, 3.63) is 72.3 Å². The molecule has 0 bridgehead atoms. The number of nitrogens with zero attached hydrogens (tertiary/aromatic N) is 3. The molecular formula is C21H22N4O3. The number of carbonyl (C=O) groups is 1. The van der Waals surface area contributed by atoms with Gasteiger partial charge in [-0.25, -0.2) is 9.67 Å². The van der Waals surface area contributed by atoms with Gasteiger partial charge in [0.15, 0.2) is 11.5 Å². The Morgan fingerprint density at radius 3 is 2.82 bits per heavy atom. The van der Waals surface area contributed by atoms with Gasteiger partial charge < -0.3 is 14.8 Å². The van der Waals surface area contributed by atoms with E-state index < -0.39 is 0 Å². The van der Waals surface area contributed by atoms with Crippen molar-refractivity contribution >= 4 is 17.7 Å². The third kappa shape index (κ3) is 4.97. The number of anilines is 1. The molecule has 0 spiro atoms. The highest BCUT2D eigenvalue weighted by molar-refractivity contribution is 6.02. The predicted molar refractivity (Wildman–Crippen MR) is 107 cm³/mol. The molecular weight excluding hydrogens is 356 g/mol. The molecule has 2 aromatic carbocycles. The largest absolute Gasteiger partial charge is 0.493 e. The monoisotopic (exact) mass is 378 g/mol. The second kappa shape index (κ2) is 9.36. The lowest BCUT2D eigenvalue weighted by atomic mass is 10.1. The van der Waals surface area contributed by atoms with Crippen LogP contribution < -0.4 is 14.8 Å². The number of carbonyl (C=O) groups excluding carboxylic acids is 1. The number of nitrogens with one attached hydrogen (secondary N) is 1. The Labute approximate surface area is 163 Å². The summed E-state index contributed by atoms with van der Waals surface area (Å²) in [5.41, 5.74) is 2.51. The summed E-state index contributed by atoms with van der Waals surface area (Å²) in [5, 5.41) is 7.01. The van der Waals surface area contributed by atoms with Crippen molar-refractivity contribution in [1.82, 2.24) is 14.8 Å². The lowest BCUT2D eigenvalue weighted by Gasteiger charge is -2.10. The number of benzene rings is 2. The van der Waals surface area contributed by atoms with Gasteiger partial charge in [0.25, 0.3) is 0 Å². The number of aromatic nitrogens is 3. The average molecular weight is 378 g/mol. The molecule has 0 atom stereocenters. The molecule has 1 heterocycles. The van der Waals surface area contributed by atoms with E-state index >= 15 is 0 Å². The molecule has 0 radical (unpaired) electrons. The van der Waals surface area contributed by atoms with Crippen LogP contribution in [0.3, 0.4) is 0 Å². The van der Waals surface area contributed by atoms with Crippen LogP contribution >= 0.6 is 0 Å². The molecule has 28 heavy (non-hydrogen) atoms. The molecule has 3 aromatic rings. The van der Waals surface area contributed by atoms with Crippen molar-refractivity contribution in [3.63, 3.8) is 0 Å². The average Bonchev–Trinajstić information content (AvgIpc) is 3.22. The van der Waals surface area contributed by atoms with Crippen LogP contribution in [0, 0.1) is 0 Å². The van der Waals surface area contributed by atoms with Crippen molar-refractivity contribution in [3.8, 4) is 11.5 Å². The number of methoxy groups -OCH3 is 1. The summed E-state index contributed by atoms with van der Waals surface area (Å²) < 4.78 is 12.5. The van der Waals surface area contributed by atoms with Crippen LogP contribution in [0.2, 0.25) is 0 Å². The standard InChI is InChI=1S/C21H22N4O3/c1-3-28-19-10-8-16(12-20(19)27-2)9-11-21(26)24-18-7-5-4-6-17(18)13-25-15-22-14-23-25/h4-12,14-15H,3,13H2,1-2H3,(H,24,26). The van der Waals surface area contributed by atoms with E-state index in [1.54, 1.807) is 24.2 Å². The van der Waals surface area contributed by atoms with Crippen LogP contribution in [-0.2, 0) is 11.3 Å². The van der Waals surface area contributed by atoms with E-state index in [0.29, 0.717) is 24.7 Å². The summed E-state index contributed by atoms with van der Waals surface area (Å²) >= 11 is 0. The summed E-state index contributed by atoms with van der Waals surface area (Å²) in [4.78, 5) is 16.3. The smallest absolute Gasteiger partial charge is 0.248 e. The van der Waals surface area contributed by atoms with E-state index in [1.807, 2.05) is 49.4 Å². The van der Waals surface area contributed by atoms with Gasteiger partial charge in [0.1, 0.15) is 12.7 Å². The zero-order chi connectivity index (χ0) is 19.8. The minimum atomic E-state index is -0.223. The molecule has 1 aromatic heterocycles. The molecule has 144 valence electrons. The number of rotatable bonds is 8. The molecule has 1 N–H and O–H groups in total. The van der Waals surface area contributed by atoms with Crippen LogP contribution in [0.25, 0.3) is 6.08 Å². The summed E-state index contributed by atoms with van der Waals surface area (Å²) in [5.74, 6) is 1.08. The highest BCUT2D eigenvalue weighted by atomic mass is 16.5. The molecule has 7 heteroatoms. The van der Waals surface area contributed by atoms with E-state index in [-0.39, 0.29) is 5.91 Å². The van der Waals surface area contributed by atoms with Gasteiger partial charge in [-0.05, 0) is 42.3 Å². The van der Waals surface area contributed by atoms with Crippen LogP contribution in [0.1, 0.15) is 18.1 Å². The Bertz CT molecular complexity index is 952. The fraction of sp³-hybridized carbons (Fsp3) is 0.190. The summed E-state index contributed by atoms with van der Waals surface area (Å²) in [6, 6.07) is 13.1. The van der Waals surface area contributed by atoms with Gasteiger partial charge in [0.2, 0.25) is 5.91 Å². The van der Waals surface area contributed by atoms with E-state index in [1.165, 1.54) is 12.4 Å². The number of ether oxygens (including phenoxy) is 2. The molecule has 3 rings (SSSR count). The maximum Gasteiger partial charge on any atom is 0.248 e. The summed E-state index contributed by atoms with van der Waals surface area (Å²) in [6.45, 7) is 3.00. The zero-order valence-electron chi connectivity index (χ0n) is 15.8.